The number of hydrogen-bond donors (Lipinski definition) is 1. The molecule has 0 unspecified atom stereocenters. The third-order valence-electron chi connectivity index (χ3n) is 3.30. The van der Waals surface area contributed by atoms with E-state index in [4.69, 9.17) is 0 Å². The number of halogens is 3. The Morgan fingerprint density at radius 2 is 2.12 bits per heavy atom. The fourth-order valence-corrected chi connectivity index (χ4v) is 2.46. The molecule has 0 radical (unpaired) electrons. The number of aromatic nitrogens is 1. The van der Waals surface area contributed by atoms with Crippen molar-refractivity contribution in [1.82, 2.24) is 15.2 Å². The number of nitrogens with one attached hydrogen (secondary N) is 1. The van der Waals surface area contributed by atoms with E-state index in [1.54, 1.807) is 0 Å². The van der Waals surface area contributed by atoms with E-state index >= 15 is 0 Å². The van der Waals surface area contributed by atoms with Crippen LogP contribution in [0.3, 0.4) is 0 Å². The number of likely N-dealkylation sites (tertiary alicyclic amines) is 1. The Hall–Kier alpha value is -1.08. The minimum absolute atomic E-state index is 0.347. The molecule has 2 fully saturated rings. The maximum absolute atomic E-state index is 12.2. The molecular weight excluding hydrogens is 235 g/mol. The van der Waals surface area contributed by atoms with Crippen LogP contribution in [0.2, 0.25) is 0 Å². The van der Waals surface area contributed by atoms with Crippen molar-refractivity contribution in [3.8, 4) is 0 Å². The van der Waals surface area contributed by atoms with Crippen LogP contribution in [0.5, 0.6) is 0 Å². The largest absolute Gasteiger partial charge is 0.468 e. The molecule has 0 saturated carbocycles. The Kier molecular flexibility index (Phi) is 2.24. The first-order valence-corrected chi connectivity index (χ1v) is 5.42. The summed E-state index contributed by atoms with van der Waals surface area (Å²) in [7, 11) is 0. The normalized spacial score (nSPS) is 23.5. The molecule has 0 amide bonds. The van der Waals surface area contributed by atoms with Crippen LogP contribution in [-0.4, -0.2) is 36.1 Å². The number of hydrogen-bond acceptors (Lipinski definition) is 4. The van der Waals surface area contributed by atoms with E-state index in [1.165, 1.54) is 0 Å². The number of alkyl halides is 3. The molecule has 3 rings (SSSR count). The Labute approximate surface area is 95.8 Å². The van der Waals surface area contributed by atoms with Gasteiger partial charge >= 0.3 is 12.1 Å². The molecule has 7 heteroatoms. The van der Waals surface area contributed by atoms with Gasteiger partial charge in [0.15, 0.2) is 0 Å². The zero-order valence-corrected chi connectivity index (χ0v) is 9.05. The first kappa shape index (κ1) is 11.0. The highest BCUT2D eigenvalue weighted by Gasteiger charge is 2.47. The predicted molar refractivity (Wildman–Crippen MR) is 52.1 cm³/mol. The predicted octanol–water partition coefficient (Wildman–Crippen LogP) is 1.10. The standard InChI is InChI=1S/C10H12F3N3O/c11-10(12,13)8-15-7(2-17-8)1-16-5-9(6-16)3-14-4-9/h2,14H,1,3-6H2. The lowest BCUT2D eigenvalue weighted by molar-refractivity contribution is -0.157. The summed E-state index contributed by atoms with van der Waals surface area (Å²) in [5, 5.41) is 3.20. The molecule has 1 aromatic rings. The van der Waals surface area contributed by atoms with Gasteiger partial charge in [-0.05, 0) is 0 Å². The Bertz CT molecular complexity index is 417. The second-order valence-corrected chi connectivity index (χ2v) is 4.89. The second kappa shape index (κ2) is 3.46. The van der Waals surface area contributed by atoms with Gasteiger partial charge in [-0.15, -0.1) is 0 Å². The molecule has 1 aromatic heterocycles. The van der Waals surface area contributed by atoms with E-state index in [1.807, 2.05) is 0 Å². The van der Waals surface area contributed by atoms with Crippen LogP contribution in [0, 0.1) is 5.41 Å². The van der Waals surface area contributed by atoms with Crippen molar-refractivity contribution in [2.75, 3.05) is 26.2 Å². The summed E-state index contributed by atoms with van der Waals surface area (Å²) in [4.78, 5) is 5.53. The maximum Gasteiger partial charge on any atom is 0.468 e. The minimum Gasteiger partial charge on any atom is -0.441 e. The van der Waals surface area contributed by atoms with Gasteiger partial charge in [0.25, 0.3) is 0 Å². The number of oxazole rings is 1. The van der Waals surface area contributed by atoms with Crippen LogP contribution in [0.1, 0.15) is 11.6 Å². The molecule has 0 bridgehead atoms. The average molecular weight is 247 g/mol. The van der Waals surface area contributed by atoms with E-state index in [2.05, 4.69) is 19.6 Å². The van der Waals surface area contributed by atoms with Gasteiger partial charge in [-0.3, -0.25) is 4.90 Å². The van der Waals surface area contributed by atoms with Crippen molar-refractivity contribution < 1.29 is 17.6 Å². The zero-order chi connectivity index (χ0) is 12.1. The van der Waals surface area contributed by atoms with Gasteiger partial charge in [0.1, 0.15) is 6.26 Å². The first-order chi connectivity index (χ1) is 7.97. The molecular formula is C10H12F3N3O. The van der Waals surface area contributed by atoms with Gasteiger partial charge in [0, 0.05) is 38.1 Å². The zero-order valence-electron chi connectivity index (χ0n) is 9.05. The van der Waals surface area contributed by atoms with Crippen LogP contribution in [0.15, 0.2) is 10.7 Å². The molecule has 0 aliphatic carbocycles. The van der Waals surface area contributed by atoms with Crippen LogP contribution in [0.4, 0.5) is 13.2 Å². The van der Waals surface area contributed by atoms with Gasteiger partial charge in [0.2, 0.25) is 0 Å². The summed E-state index contributed by atoms with van der Waals surface area (Å²) in [6.07, 6.45) is -3.40. The van der Waals surface area contributed by atoms with Crippen molar-refractivity contribution >= 4 is 0 Å². The van der Waals surface area contributed by atoms with Crippen LogP contribution < -0.4 is 5.32 Å². The summed E-state index contributed by atoms with van der Waals surface area (Å²) in [5.74, 6) is -1.16. The van der Waals surface area contributed by atoms with Gasteiger partial charge in [-0.1, -0.05) is 0 Å². The minimum atomic E-state index is -4.49. The lowest BCUT2D eigenvalue weighted by Crippen LogP contribution is -2.70. The average Bonchev–Trinajstić information content (AvgIpc) is 2.54. The fraction of sp³-hybridized carbons (Fsp3) is 0.700. The quantitative estimate of drug-likeness (QED) is 0.849. The summed E-state index contributed by atoms with van der Waals surface area (Å²) in [6, 6.07) is 0. The molecule has 17 heavy (non-hydrogen) atoms. The van der Waals surface area contributed by atoms with Gasteiger partial charge in [0.05, 0.1) is 5.69 Å². The molecule has 3 heterocycles. The molecule has 2 saturated heterocycles. The van der Waals surface area contributed by atoms with E-state index in [0.717, 1.165) is 32.4 Å². The monoisotopic (exact) mass is 247 g/mol. The van der Waals surface area contributed by atoms with Crippen molar-refractivity contribution in [2.45, 2.75) is 12.7 Å². The van der Waals surface area contributed by atoms with E-state index in [-0.39, 0.29) is 0 Å². The summed E-state index contributed by atoms with van der Waals surface area (Å²) >= 11 is 0. The summed E-state index contributed by atoms with van der Waals surface area (Å²) in [5.41, 5.74) is 0.718. The Balaban J connectivity index is 1.57. The lowest BCUT2D eigenvalue weighted by Gasteiger charge is -2.56. The summed E-state index contributed by atoms with van der Waals surface area (Å²) < 4.78 is 41.1. The molecule has 2 aliphatic heterocycles. The van der Waals surface area contributed by atoms with E-state index in [9.17, 15) is 13.2 Å². The Morgan fingerprint density at radius 1 is 1.41 bits per heavy atom. The van der Waals surface area contributed by atoms with E-state index in [0.29, 0.717) is 17.7 Å². The maximum atomic E-state index is 12.2. The van der Waals surface area contributed by atoms with Crippen LogP contribution in [-0.2, 0) is 12.7 Å². The third-order valence-corrected chi connectivity index (χ3v) is 3.30. The number of rotatable bonds is 2. The first-order valence-electron chi connectivity index (χ1n) is 5.42. The topological polar surface area (TPSA) is 41.3 Å². The van der Waals surface area contributed by atoms with Crippen LogP contribution in [0.25, 0.3) is 0 Å². The molecule has 1 N–H and O–H groups in total. The SMILES string of the molecule is FC(F)(F)c1nc(CN2CC3(CNC3)C2)co1. The molecule has 0 atom stereocenters. The summed E-state index contributed by atoms with van der Waals surface area (Å²) in [6.45, 7) is 4.30. The highest BCUT2D eigenvalue weighted by molar-refractivity contribution is 5.07. The Morgan fingerprint density at radius 3 is 2.59 bits per heavy atom. The molecule has 4 nitrogen and oxygen atoms in total. The molecule has 2 aliphatic rings. The highest BCUT2D eigenvalue weighted by atomic mass is 19.4. The van der Waals surface area contributed by atoms with E-state index < -0.39 is 12.1 Å². The molecule has 1 spiro atoms. The van der Waals surface area contributed by atoms with Crippen molar-refractivity contribution in [3.05, 3.63) is 17.8 Å². The molecule has 94 valence electrons. The molecule has 0 aromatic carbocycles. The number of nitrogens with zero attached hydrogens (tertiary/aromatic N) is 2. The van der Waals surface area contributed by atoms with Crippen molar-refractivity contribution in [2.24, 2.45) is 5.41 Å². The smallest absolute Gasteiger partial charge is 0.441 e. The van der Waals surface area contributed by atoms with Crippen LogP contribution >= 0.6 is 0 Å². The van der Waals surface area contributed by atoms with Gasteiger partial charge < -0.3 is 9.73 Å². The van der Waals surface area contributed by atoms with Gasteiger partial charge in [-0.2, -0.15) is 13.2 Å². The van der Waals surface area contributed by atoms with Gasteiger partial charge in [-0.25, -0.2) is 4.98 Å². The van der Waals surface area contributed by atoms with Crippen molar-refractivity contribution in [3.63, 3.8) is 0 Å². The third kappa shape index (κ3) is 1.93. The van der Waals surface area contributed by atoms with Crippen molar-refractivity contribution in [1.29, 1.82) is 0 Å². The fourth-order valence-electron chi connectivity index (χ4n) is 2.46. The highest BCUT2D eigenvalue weighted by Crippen LogP contribution is 2.35. The second-order valence-electron chi connectivity index (χ2n) is 4.89. The lowest BCUT2D eigenvalue weighted by atomic mass is 9.74.